The van der Waals surface area contributed by atoms with E-state index in [4.69, 9.17) is 25.6 Å². The summed E-state index contributed by atoms with van der Waals surface area (Å²) in [6.07, 6.45) is 2.47. The molecule has 2 atom stereocenters. The number of hydrogen-bond donors (Lipinski definition) is 1. The van der Waals surface area contributed by atoms with E-state index in [0.717, 1.165) is 42.0 Å². The van der Waals surface area contributed by atoms with Crippen LogP contribution in [0.2, 0.25) is 5.02 Å². The van der Waals surface area contributed by atoms with Crippen LogP contribution in [-0.4, -0.2) is 46.7 Å². The van der Waals surface area contributed by atoms with Crippen molar-refractivity contribution in [2.75, 3.05) is 20.2 Å². The zero-order valence-corrected chi connectivity index (χ0v) is 21.5. The summed E-state index contributed by atoms with van der Waals surface area (Å²) < 4.78 is 17.0. The molecule has 0 aliphatic carbocycles. The Morgan fingerprint density at radius 2 is 2.11 bits per heavy atom. The van der Waals surface area contributed by atoms with E-state index in [9.17, 15) is 4.79 Å². The fourth-order valence-corrected chi connectivity index (χ4v) is 5.27. The summed E-state index contributed by atoms with van der Waals surface area (Å²) in [5.41, 5.74) is 1.32. The van der Waals surface area contributed by atoms with Crippen LogP contribution in [0.5, 0.6) is 11.5 Å². The van der Waals surface area contributed by atoms with Crippen LogP contribution in [0.15, 0.2) is 47.0 Å². The first-order chi connectivity index (χ1) is 17.3. The van der Waals surface area contributed by atoms with E-state index >= 15 is 0 Å². The van der Waals surface area contributed by atoms with Crippen molar-refractivity contribution in [1.82, 2.24) is 20.4 Å². The molecule has 190 valence electrons. The Kier molecular flexibility index (Phi) is 6.90. The van der Waals surface area contributed by atoms with Crippen LogP contribution >= 0.6 is 11.6 Å². The van der Waals surface area contributed by atoms with Gasteiger partial charge in [0.15, 0.2) is 0 Å². The van der Waals surface area contributed by atoms with Gasteiger partial charge in [-0.25, -0.2) is 0 Å². The number of benzene rings is 2. The predicted molar refractivity (Wildman–Crippen MR) is 136 cm³/mol. The van der Waals surface area contributed by atoms with Crippen LogP contribution in [0.1, 0.15) is 50.6 Å². The van der Waals surface area contributed by atoms with Crippen LogP contribution in [0.25, 0.3) is 11.4 Å². The molecule has 2 aromatic carbocycles. The van der Waals surface area contributed by atoms with E-state index in [-0.39, 0.29) is 17.9 Å². The quantitative estimate of drug-likeness (QED) is 0.497. The van der Waals surface area contributed by atoms with Gasteiger partial charge in [-0.1, -0.05) is 28.9 Å². The molecule has 0 saturated carbocycles. The van der Waals surface area contributed by atoms with E-state index in [1.807, 2.05) is 50.2 Å². The summed E-state index contributed by atoms with van der Waals surface area (Å²) in [6, 6.07) is 13.1. The van der Waals surface area contributed by atoms with Crippen LogP contribution in [0, 0.1) is 5.92 Å². The second-order valence-corrected chi connectivity index (χ2v) is 10.5. The monoisotopic (exact) mass is 510 g/mol. The number of aromatic nitrogens is 2. The number of rotatable bonds is 6. The molecule has 1 N–H and O–H groups in total. The van der Waals surface area contributed by atoms with Crippen LogP contribution in [-0.2, 0) is 11.3 Å². The van der Waals surface area contributed by atoms with Crippen molar-refractivity contribution in [3.8, 4) is 22.9 Å². The van der Waals surface area contributed by atoms with Gasteiger partial charge < -0.3 is 19.3 Å². The number of hydrogen-bond acceptors (Lipinski definition) is 7. The number of methoxy groups -OCH3 is 1. The molecular formula is C27H31ClN4O4. The van der Waals surface area contributed by atoms with Crippen molar-refractivity contribution in [3.05, 3.63) is 58.9 Å². The van der Waals surface area contributed by atoms with Gasteiger partial charge in [-0.15, -0.1) is 0 Å². The normalized spacial score (nSPS) is 21.3. The number of carbonyl (C=O) groups is 1. The van der Waals surface area contributed by atoms with Crippen molar-refractivity contribution in [2.24, 2.45) is 5.92 Å². The number of nitrogens with one attached hydrogen (secondary N) is 1. The number of halogens is 1. The molecule has 1 amide bonds. The minimum atomic E-state index is -0.396. The fourth-order valence-electron chi connectivity index (χ4n) is 5.05. The molecule has 3 aromatic rings. The van der Waals surface area contributed by atoms with Gasteiger partial charge >= 0.3 is 0 Å². The number of fused-ring (bicyclic) bond motifs is 1. The largest absolute Gasteiger partial charge is 0.497 e. The van der Waals surface area contributed by atoms with Gasteiger partial charge in [-0.3, -0.25) is 9.69 Å². The van der Waals surface area contributed by atoms with Crippen LogP contribution in [0.3, 0.4) is 0 Å². The first-order valence-electron chi connectivity index (χ1n) is 12.3. The average molecular weight is 511 g/mol. The summed E-state index contributed by atoms with van der Waals surface area (Å²) >= 11 is 6.27. The maximum absolute atomic E-state index is 13.4. The smallest absolute Gasteiger partial charge is 0.241 e. The molecule has 3 heterocycles. The highest BCUT2D eigenvalue weighted by Crippen LogP contribution is 2.41. The van der Waals surface area contributed by atoms with Gasteiger partial charge in [0, 0.05) is 30.2 Å². The second kappa shape index (κ2) is 10.1. The molecular weight excluding hydrogens is 480 g/mol. The van der Waals surface area contributed by atoms with Crippen LogP contribution < -0.4 is 14.8 Å². The van der Waals surface area contributed by atoms with E-state index in [2.05, 4.69) is 20.4 Å². The first-order valence-corrected chi connectivity index (χ1v) is 12.7. The molecule has 9 heteroatoms. The molecule has 0 bridgehead atoms. The predicted octanol–water partition coefficient (Wildman–Crippen LogP) is 5.03. The fraction of sp³-hybridized carbons (Fsp3) is 0.444. The molecule has 1 fully saturated rings. The number of amides is 1. The highest BCUT2D eigenvalue weighted by atomic mass is 35.5. The maximum atomic E-state index is 13.4. The maximum Gasteiger partial charge on any atom is 0.241 e. The third kappa shape index (κ3) is 5.34. The van der Waals surface area contributed by atoms with Gasteiger partial charge in [0.25, 0.3) is 0 Å². The summed E-state index contributed by atoms with van der Waals surface area (Å²) in [7, 11) is 1.63. The number of nitrogens with zero attached hydrogens (tertiary/aromatic N) is 3. The van der Waals surface area contributed by atoms with Crippen molar-refractivity contribution in [2.45, 2.75) is 51.3 Å². The number of ether oxygens (including phenoxy) is 2. The molecule has 5 rings (SSSR count). The molecule has 2 aliphatic rings. The number of carbonyl (C=O) groups excluding carboxylic acids is 1. The van der Waals surface area contributed by atoms with Gasteiger partial charge in [-0.2, -0.15) is 4.98 Å². The molecule has 0 spiro atoms. The molecule has 2 aliphatic heterocycles. The highest BCUT2D eigenvalue weighted by Gasteiger charge is 2.36. The average Bonchev–Trinajstić information content (AvgIpc) is 3.31. The van der Waals surface area contributed by atoms with E-state index < -0.39 is 5.60 Å². The lowest BCUT2D eigenvalue weighted by atomic mass is 9.88. The van der Waals surface area contributed by atoms with E-state index in [1.165, 1.54) is 0 Å². The molecule has 36 heavy (non-hydrogen) atoms. The van der Waals surface area contributed by atoms with Crippen molar-refractivity contribution in [1.29, 1.82) is 0 Å². The third-order valence-electron chi connectivity index (χ3n) is 6.81. The number of likely N-dealkylation sites (tertiary alicyclic amines) is 1. The van der Waals surface area contributed by atoms with Gasteiger partial charge in [0.05, 0.1) is 30.6 Å². The number of piperidine rings is 1. The van der Waals surface area contributed by atoms with Gasteiger partial charge in [-0.05, 0) is 57.5 Å². The zero-order valence-electron chi connectivity index (χ0n) is 20.8. The summed E-state index contributed by atoms with van der Waals surface area (Å²) in [5, 5.41) is 7.98. The molecule has 1 saturated heterocycles. The van der Waals surface area contributed by atoms with Gasteiger partial charge in [0.2, 0.25) is 17.6 Å². The highest BCUT2D eigenvalue weighted by molar-refractivity contribution is 6.33. The van der Waals surface area contributed by atoms with Crippen LogP contribution in [0.4, 0.5) is 0 Å². The lowest BCUT2D eigenvalue weighted by molar-refractivity contribution is -0.128. The second-order valence-electron chi connectivity index (χ2n) is 10.1. The van der Waals surface area contributed by atoms with E-state index in [1.54, 1.807) is 13.2 Å². The van der Waals surface area contributed by atoms with Crippen molar-refractivity contribution < 1.29 is 18.8 Å². The Morgan fingerprint density at radius 1 is 1.28 bits per heavy atom. The van der Waals surface area contributed by atoms with Gasteiger partial charge in [0.1, 0.15) is 17.1 Å². The Morgan fingerprint density at radius 3 is 2.92 bits per heavy atom. The summed E-state index contributed by atoms with van der Waals surface area (Å²) in [5.74, 6) is 2.42. The van der Waals surface area contributed by atoms with E-state index in [0.29, 0.717) is 36.2 Å². The topological polar surface area (TPSA) is 89.7 Å². The lowest BCUT2D eigenvalue weighted by Crippen LogP contribution is -2.46. The Hall–Kier alpha value is -3.10. The van der Waals surface area contributed by atoms with Crippen molar-refractivity contribution >= 4 is 17.5 Å². The van der Waals surface area contributed by atoms with Crippen molar-refractivity contribution in [3.63, 3.8) is 0 Å². The zero-order chi connectivity index (χ0) is 25.3. The minimum absolute atomic E-state index is 0.0615. The lowest BCUT2D eigenvalue weighted by Gasteiger charge is -2.39. The molecule has 2 unspecified atom stereocenters. The summed E-state index contributed by atoms with van der Waals surface area (Å²) in [6.45, 7) is 6.09. The Balaban J connectivity index is 1.24. The first kappa shape index (κ1) is 24.6. The molecule has 0 radical (unpaired) electrons. The molecule has 8 nitrogen and oxygen atoms in total. The summed E-state index contributed by atoms with van der Waals surface area (Å²) in [4.78, 5) is 20.1. The third-order valence-corrected chi connectivity index (χ3v) is 7.14. The minimum Gasteiger partial charge on any atom is -0.497 e. The Labute approximate surface area is 215 Å². The standard InChI is InChI=1S/C27H31ClN4O4/c1-27(2)14-22(20-11-10-18(34-3)13-23(20)35-27)29-26(33)17-7-6-12-32(15-17)16-24-30-25(31-36-24)19-8-4-5-9-21(19)28/h4-5,8-11,13,17,22H,6-7,12,14-16H2,1-3H3,(H,29,33). The SMILES string of the molecule is COc1ccc2c(c1)OC(C)(C)CC2NC(=O)C1CCCN(Cc2nc(-c3ccccc3Cl)no2)C1. The molecule has 1 aromatic heterocycles. The Bertz CT molecular complexity index is 1240.